The Morgan fingerprint density at radius 3 is 2.10 bits per heavy atom. The van der Waals surface area contributed by atoms with Crippen LogP contribution in [0.3, 0.4) is 0 Å². The first-order valence-corrected chi connectivity index (χ1v) is 6.02. The molecule has 0 amide bonds. The molecular weight excluding hydrogens is 271 g/mol. The number of rotatable bonds is 1. The SMILES string of the molecule is CC.COc1c(F)c(F)c(F)c2c(O)c(N)cc(C)c12. The van der Waals surface area contributed by atoms with Gasteiger partial charge in [0.15, 0.2) is 17.4 Å². The standard InChI is InChI=1S/C12H10F3NO2.C2H6/c1-4-3-5(16)11(17)7-6(4)12(18-2)10(15)9(14)8(7)13;1-2/h3,17H,16H2,1-2H3;1-2H3. The van der Waals surface area contributed by atoms with Crippen molar-refractivity contribution in [3.8, 4) is 11.5 Å². The van der Waals surface area contributed by atoms with Crippen LogP contribution in [-0.4, -0.2) is 12.2 Å². The van der Waals surface area contributed by atoms with Crippen LogP contribution in [0.25, 0.3) is 10.8 Å². The van der Waals surface area contributed by atoms with Gasteiger partial charge >= 0.3 is 0 Å². The normalized spacial score (nSPS) is 10.2. The maximum atomic E-state index is 13.7. The van der Waals surface area contributed by atoms with E-state index in [1.165, 1.54) is 13.0 Å². The molecular formula is C14H16F3NO2. The van der Waals surface area contributed by atoms with E-state index in [9.17, 15) is 18.3 Å². The molecule has 3 nitrogen and oxygen atoms in total. The zero-order valence-corrected chi connectivity index (χ0v) is 11.6. The smallest absolute Gasteiger partial charge is 0.204 e. The average Bonchev–Trinajstić information content (AvgIpc) is 2.44. The Morgan fingerprint density at radius 1 is 1.05 bits per heavy atom. The van der Waals surface area contributed by atoms with E-state index in [1.807, 2.05) is 13.8 Å². The van der Waals surface area contributed by atoms with Gasteiger partial charge in [0.25, 0.3) is 0 Å². The number of anilines is 1. The Balaban J connectivity index is 0.000000956. The summed E-state index contributed by atoms with van der Waals surface area (Å²) in [7, 11) is 1.13. The first kappa shape index (κ1) is 15.9. The van der Waals surface area contributed by atoms with Gasteiger partial charge in [-0.3, -0.25) is 0 Å². The molecule has 0 heterocycles. The molecule has 2 aromatic rings. The number of phenols is 1. The van der Waals surface area contributed by atoms with Crippen molar-refractivity contribution >= 4 is 16.5 Å². The molecule has 0 spiro atoms. The van der Waals surface area contributed by atoms with Crippen LogP contribution < -0.4 is 10.5 Å². The monoisotopic (exact) mass is 287 g/mol. The number of aryl methyl sites for hydroxylation is 1. The van der Waals surface area contributed by atoms with Crippen molar-refractivity contribution in [2.75, 3.05) is 12.8 Å². The highest BCUT2D eigenvalue weighted by molar-refractivity contribution is 5.99. The van der Waals surface area contributed by atoms with Crippen LogP contribution in [0.4, 0.5) is 18.9 Å². The zero-order valence-electron chi connectivity index (χ0n) is 11.6. The molecule has 0 aromatic heterocycles. The molecule has 0 aliphatic rings. The topological polar surface area (TPSA) is 55.5 Å². The van der Waals surface area contributed by atoms with Gasteiger partial charge in [-0.1, -0.05) is 13.8 Å². The number of benzene rings is 2. The van der Waals surface area contributed by atoms with E-state index in [2.05, 4.69) is 0 Å². The number of phenolic OH excluding ortho intramolecular Hbond substituents is 1. The summed E-state index contributed by atoms with van der Waals surface area (Å²) < 4.78 is 45.4. The lowest BCUT2D eigenvalue weighted by atomic mass is 10.0. The molecule has 110 valence electrons. The predicted molar refractivity (Wildman–Crippen MR) is 72.5 cm³/mol. The van der Waals surface area contributed by atoms with Gasteiger partial charge in [0.2, 0.25) is 5.82 Å². The summed E-state index contributed by atoms with van der Waals surface area (Å²) in [6, 6.07) is 1.33. The van der Waals surface area contributed by atoms with Crippen molar-refractivity contribution in [3.63, 3.8) is 0 Å². The minimum Gasteiger partial charge on any atom is -0.505 e. The second-order valence-electron chi connectivity index (χ2n) is 3.86. The number of halogens is 3. The molecule has 0 bridgehead atoms. The maximum Gasteiger partial charge on any atom is 0.204 e. The number of nitrogens with two attached hydrogens (primary N) is 1. The van der Waals surface area contributed by atoms with E-state index in [0.29, 0.717) is 5.56 Å². The lowest BCUT2D eigenvalue weighted by molar-refractivity contribution is 0.366. The summed E-state index contributed by atoms with van der Waals surface area (Å²) in [6.07, 6.45) is 0. The molecule has 3 N–H and O–H groups in total. The second kappa shape index (κ2) is 5.90. The number of ether oxygens (including phenoxy) is 1. The number of methoxy groups -OCH3 is 1. The van der Waals surface area contributed by atoms with Crippen molar-refractivity contribution in [2.24, 2.45) is 0 Å². The van der Waals surface area contributed by atoms with Gasteiger partial charge in [-0.2, -0.15) is 4.39 Å². The summed E-state index contributed by atoms with van der Waals surface area (Å²) in [4.78, 5) is 0. The molecule has 0 radical (unpaired) electrons. The zero-order chi connectivity index (χ0) is 15.6. The van der Waals surface area contributed by atoms with E-state index in [4.69, 9.17) is 10.5 Å². The molecule has 0 saturated heterocycles. The quantitative estimate of drug-likeness (QED) is 0.475. The maximum absolute atomic E-state index is 13.7. The molecule has 0 fully saturated rings. The van der Waals surface area contributed by atoms with Crippen molar-refractivity contribution in [1.82, 2.24) is 0 Å². The predicted octanol–water partition coefficient (Wildman–Crippen LogP) is 3.89. The molecule has 20 heavy (non-hydrogen) atoms. The lowest BCUT2D eigenvalue weighted by Crippen LogP contribution is -2.01. The van der Waals surface area contributed by atoms with Crippen molar-refractivity contribution in [1.29, 1.82) is 0 Å². The highest BCUT2D eigenvalue weighted by Gasteiger charge is 2.25. The number of nitrogen functional groups attached to an aromatic ring is 1. The van der Waals surface area contributed by atoms with Crippen LogP contribution in [0.15, 0.2) is 6.07 Å². The lowest BCUT2D eigenvalue weighted by Gasteiger charge is -2.14. The minimum atomic E-state index is -1.71. The summed E-state index contributed by atoms with van der Waals surface area (Å²) in [5.74, 6) is -5.73. The minimum absolute atomic E-state index is 0.0411. The third kappa shape index (κ3) is 2.21. The fourth-order valence-electron chi connectivity index (χ4n) is 1.95. The Hall–Kier alpha value is -2.11. The number of hydrogen-bond donors (Lipinski definition) is 2. The molecule has 2 aromatic carbocycles. The third-order valence-corrected chi connectivity index (χ3v) is 2.76. The van der Waals surface area contributed by atoms with Crippen LogP contribution in [0, 0.1) is 24.4 Å². The average molecular weight is 287 g/mol. The van der Waals surface area contributed by atoms with Gasteiger partial charge in [0, 0.05) is 5.39 Å². The van der Waals surface area contributed by atoms with Crippen LogP contribution in [0.1, 0.15) is 19.4 Å². The van der Waals surface area contributed by atoms with Gasteiger partial charge in [0.05, 0.1) is 18.2 Å². The first-order chi connectivity index (χ1) is 9.40. The number of aromatic hydroxyl groups is 1. The molecule has 2 rings (SSSR count). The van der Waals surface area contributed by atoms with Crippen molar-refractivity contribution in [2.45, 2.75) is 20.8 Å². The Morgan fingerprint density at radius 2 is 1.60 bits per heavy atom. The van der Waals surface area contributed by atoms with Crippen molar-refractivity contribution < 1.29 is 23.0 Å². The second-order valence-corrected chi connectivity index (χ2v) is 3.86. The highest BCUT2D eigenvalue weighted by Crippen LogP contribution is 2.42. The Labute approximate surface area is 114 Å². The fourth-order valence-corrected chi connectivity index (χ4v) is 1.95. The Kier molecular flexibility index (Phi) is 4.70. The third-order valence-electron chi connectivity index (χ3n) is 2.76. The Bertz CT molecular complexity index is 657. The van der Waals surface area contributed by atoms with Gasteiger partial charge in [0.1, 0.15) is 5.75 Å². The van der Waals surface area contributed by atoms with E-state index in [-0.39, 0.29) is 11.1 Å². The van der Waals surface area contributed by atoms with Gasteiger partial charge in [-0.15, -0.1) is 0 Å². The summed E-state index contributed by atoms with van der Waals surface area (Å²) in [6.45, 7) is 5.53. The highest BCUT2D eigenvalue weighted by atomic mass is 19.2. The van der Waals surface area contributed by atoms with Gasteiger partial charge in [-0.25, -0.2) is 8.78 Å². The molecule has 0 atom stereocenters. The number of hydrogen-bond acceptors (Lipinski definition) is 3. The van der Waals surface area contributed by atoms with Crippen molar-refractivity contribution in [3.05, 3.63) is 29.1 Å². The number of fused-ring (bicyclic) bond motifs is 1. The first-order valence-electron chi connectivity index (χ1n) is 6.02. The molecule has 6 heteroatoms. The fraction of sp³-hybridized carbons (Fsp3) is 0.286. The largest absolute Gasteiger partial charge is 0.505 e. The van der Waals surface area contributed by atoms with E-state index >= 15 is 0 Å². The van der Waals surface area contributed by atoms with Gasteiger partial charge < -0.3 is 15.6 Å². The van der Waals surface area contributed by atoms with E-state index in [1.54, 1.807) is 0 Å². The summed E-state index contributed by atoms with van der Waals surface area (Å²) in [5, 5.41) is 9.16. The molecule has 0 unspecified atom stereocenters. The molecule has 0 saturated carbocycles. The van der Waals surface area contributed by atoms with Crippen LogP contribution in [0.5, 0.6) is 11.5 Å². The summed E-state index contributed by atoms with van der Waals surface area (Å²) >= 11 is 0. The van der Waals surface area contributed by atoms with Crippen LogP contribution >= 0.6 is 0 Å². The van der Waals surface area contributed by atoms with E-state index in [0.717, 1.165) is 7.11 Å². The molecule has 0 aliphatic carbocycles. The van der Waals surface area contributed by atoms with Crippen LogP contribution in [-0.2, 0) is 0 Å². The van der Waals surface area contributed by atoms with Gasteiger partial charge in [-0.05, 0) is 18.6 Å². The molecule has 0 aliphatic heterocycles. The summed E-state index contributed by atoms with van der Waals surface area (Å²) in [5.41, 5.74) is 5.71. The van der Waals surface area contributed by atoms with Crippen LogP contribution in [0.2, 0.25) is 0 Å². The van der Waals surface area contributed by atoms with E-state index < -0.39 is 34.3 Å².